The van der Waals surface area contributed by atoms with E-state index in [0.29, 0.717) is 24.3 Å². The second-order valence-corrected chi connectivity index (χ2v) is 11.5. The highest BCUT2D eigenvalue weighted by Crippen LogP contribution is 2.35. The standard InChI is InChI=1S/C41H41N7O4/c1-4-40(49)51-28-10-9-13-41(50)52-35-24-20-31(21-25-35)43-29-42-30-14-16-32(17-15-30)44-46-38-26-27-39(37-12-8-7-11-36(37)38)47-45-33-18-22-34(23-19-33)48(5-2)6-3/h4,7-8,11-12,14-27,29H,1,5-6,9-10,13,28H2,2-3H3,(H,42,43). The highest BCUT2D eigenvalue weighted by molar-refractivity contribution is 5.99. The Hall–Kier alpha value is -6.49. The zero-order valence-corrected chi connectivity index (χ0v) is 29.3. The number of ether oxygens (including phenoxy) is 2. The molecule has 264 valence electrons. The van der Waals surface area contributed by atoms with Crippen LogP contribution in [0, 0.1) is 0 Å². The minimum atomic E-state index is -0.473. The summed E-state index contributed by atoms with van der Waals surface area (Å²) in [6, 6.07) is 34.3. The highest BCUT2D eigenvalue weighted by Gasteiger charge is 2.08. The molecule has 0 saturated carbocycles. The lowest BCUT2D eigenvalue weighted by atomic mass is 10.1. The number of rotatable bonds is 17. The van der Waals surface area contributed by atoms with Crippen molar-refractivity contribution in [3.8, 4) is 5.75 Å². The summed E-state index contributed by atoms with van der Waals surface area (Å²) >= 11 is 0. The Morgan fingerprint density at radius 3 is 1.87 bits per heavy atom. The van der Waals surface area contributed by atoms with Gasteiger partial charge in [0.05, 0.1) is 41.4 Å². The van der Waals surface area contributed by atoms with Gasteiger partial charge in [0.15, 0.2) is 0 Å². The molecule has 0 aromatic heterocycles. The number of nitrogens with one attached hydrogen (secondary N) is 1. The lowest BCUT2D eigenvalue weighted by Gasteiger charge is -2.20. The SMILES string of the molecule is C=CC(=O)OCCCCC(=O)Oc1ccc(NC=Nc2ccc(N=Nc3ccc(N=Nc4ccc(N(CC)CC)cc4)c4ccccc34)cc2)cc1. The van der Waals surface area contributed by atoms with E-state index in [2.05, 4.69) is 68.2 Å². The minimum Gasteiger partial charge on any atom is -0.463 e. The fraction of sp³-hybridized carbons (Fsp3) is 0.195. The minimum absolute atomic E-state index is 0.226. The Labute approximate surface area is 303 Å². The average Bonchev–Trinajstić information content (AvgIpc) is 3.18. The molecule has 5 aromatic carbocycles. The summed E-state index contributed by atoms with van der Waals surface area (Å²) in [5.41, 5.74) is 5.65. The van der Waals surface area contributed by atoms with Crippen molar-refractivity contribution >= 4 is 68.9 Å². The summed E-state index contributed by atoms with van der Waals surface area (Å²) in [5, 5.41) is 23.0. The van der Waals surface area contributed by atoms with Crippen LogP contribution in [0.3, 0.4) is 0 Å². The molecule has 11 nitrogen and oxygen atoms in total. The number of hydrogen-bond donors (Lipinski definition) is 1. The van der Waals surface area contributed by atoms with E-state index in [-0.39, 0.29) is 19.0 Å². The number of benzene rings is 5. The number of hydrogen-bond acceptors (Lipinski definition) is 10. The molecule has 0 aliphatic carbocycles. The van der Waals surface area contributed by atoms with E-state index < -0.39 is 5.97 Å². The Bertz CT molecular complexity index is 2040. The van der Waals surface area contributed by atoms with E-state index in [9.17, 15) is 9.59 Å². The zero-order valence-electron chi connectivity index (χ0n) is 29.3. The van der Waals surface area contributed by atoms with Gasteiger partial charge in [-0.05, 0) is 112 Å². The molecule has 0 saturated heterocycles. The van der Waals surface area contributed by atoms with Gasteiger partial charge in [0.25, 0.3) is 0 Å². The maximum absolute atomic E-state index is 12.1. The van der Waals surface area contributed by atoms with Crippen molar-refractivity contribution in [1.29, 1.82) is 0 Å². The van der Waals surface area contributed by atoms with Crippen molar-refractivity contribution in [2.24, 2.45) is 25.4 Å². The molecule has 0 atom stereocenters. The summed E-state index contributed by atoms with van der Waals surface area (Å²) in [7, 11) is 0. The van der Waals surface area contributed by atoms with Crippen LogP contribution in [0.5, 0.6) is 5.75 Å². The molecule has 0 heterocycles. The smallest absolute Gasteiger partial charge is 0.330 e. The molecule has 1 N–H and O–H groups in total. The van der Waals surface area contributed by atoms with E-state index in [0.717, 1.165) is 58.4 Å². The molecule has 0 radical (unpaired) electrons. The third-order valence-electron chi connectivity index (χ3n) is 7.97. The normalized spacial score (nSPS) is 11.3. The van der Waals surface area contributed by atoms with E-state index in [1.54, 1.807) is 30.6 Å². The molecule has 0 aliphatic heterocycles. The van der Waals surface area contributed by atoms with Crippen molar-refractivity contribution in [3.05, 3.63) is 122 Å². The fourth-order valence-corrected chi connectivity index (χ4v) is 5.18. The first-order valence-corrected chi connectivity index (χ1v) is 17.1. The quantitative estimate of drug-likeness (QED) is 0.0196. The van der Waals surface area contributed by atoms with Gasteiger partial charge in [0.2, 0.25) is 0 Å². The number of nitrogens with zero attached hydrogens (tertiary/aromatic N) is 6. The second kappa shape index (κ2) is 19.0. The van der Waals surface area contributed by atoms with Crippen molar-refractivity contribution < 1.29 is 19.1 Å². The van der Waals surface area contributed by atoms with Crippen molar-refractivity contribution in [2.75, 3.05) is 29.9 Å². The van der Waals surface area contributed by atoms with E-state index in [4.69, 9.17) is 9.47 Å². The van der Waals surface area contributed by atoms with E-state index in [1.165, 1.54) is 5.69 Å². The first kappa shape index (κ1) is 36.8. The Morgan fingerprint density at radius 2 is 1.29 bits per heavy atom. The van der Waals surface area contributed by atoms with Gasteiger partial charge in [0, 0.05) is 47.7 Å². The maximum atomic E-state index is 12.1. The van der Waals surface area contributed by atoms with Crippen LogP contribution in [-0.4, -0.2) is 38.0 Å². The van der Waals surface area contributed by atoms with Crippen molar-refractivity contribution in [2.45, 2.75) is 33.1 Å². The number of fused-ring (bicyclic) bond motifs is 1. The van der Waals surface area contributed by atoms with Crippen LogP contribution in [0.4, 0.5) is 39.8 Å². The molecule has 0 spiro atoms. The summed E-state index contributed by atoms with van der Waals surface area (Å²) < 4.78 is 10.3. The van der Waals surface area contributed by atoms with Gasteiger partial charge in [-0.25, -0.2) is 9.79 Å². The monoisotopic (exact) mass is 695 g/mol. The highest BCUT2D eigenvalue weighted by atomic mass is 16.5. The van der Waals surface area contributed by atoms with E-state index >= 15 is 0 Å². The van der Waals surface area contributed by atoms with Crippen molar-refractivity contribution in [1.82, 2.24) is 0 Å². The largest absolute Gasteiger partial charge is 0.463 e. The van der Waals surface area contributed by atoms with Crippen LogP contribution in [0.15, 0.2) is 147 Å². The van der Waals surface area contributed by atoms with Gasteiger partial charge >= 0.3 is 11.9 Å². The maximum Gasteiger partial charge on any atom is 0.330 e. The third kappa shape index (κ3) is 10.8. The molecule has 0 fully saturated rings. The summed E-state index contributed by atoms with van der Waals surface area (Å²) in [5.74, 6) is -0.380. The van der Waals surface area contributed by atoms with Crippen LogP contribution in [-0.2, 0) is 14.3 Å². The number of carbonyl (C=O) groups is 2. The lowest BCUT2D eigenvalue weighted by molar-refractivity contribution is -0.137. The molecule has 0 bridgehead atoms. The van der Waals surface area contributed by atoms with Crippen LogP contribution >= 0.6 is 0 Å². The predicted octanol–water partition coefficient (Wildman–Crippen LogP) is 11.1. The summed E-state index contributed by atoms with van der Waals surface area (Å²) in [6.07, 6.45) is 4.04. The Kier molecular flexibility index (Phi) is 13.5. The first-order chi connectivity index (χ1) is 25.4. The van der Waals surface area contributed by atoms with Gasteiger partial charge in [-0.3, -0.25) is 4.79 Å². The molecular formula is C41H41N7O4. The number of anilines is 2. The number of carbonyl (C=O) groups excluding carboxylic acids is 2. The van der Waals surface area contributed by atoms with Gasteiger partial charge in [-0.1, -0.05) is 30.8 Å². The van der Waals surface area contributed by atoms with E-state index in [1.807, 2.05) is 72.8 Å². The lowest BCUT2D eigenvalue weighted by Crippen LogP contribution is -2.21. The van der Waals surface area contributed by atoms with Gasteiger partial charge in [-0.2, -0.15) is 10.2 Å². The third-order valence-corrected chi connectivity index (χ3v) is 7.97. The van der Waals surface area contributed by atoms with Gasteiger partial charge < -0.3 is 19.7 Å². The molecule has 0 amide bonds. The Morgan fingerprint density at radius 1 is 0.712 bits per heavy atom. The zero-order chi connectivity index (χ0) is 36.5. The number of aliphatic imine (C=N–C) groups is 1. The fourth-order valence-electron chi connectivity index (χ4n) is 5.18. The number of esters is 2. The molecular weight excluding hydrogens is 654 g/mol. The first-order valence-electron chi connectivity index (χ1n) is 17.1. The van der Waals surface area contributed by atoms with Crippen LogP contribution in [0.25, 0.3) is 10.8 Å². The topological polar surface area (TPSA) is 130 Å². The summed E-state index contributed by atoms with van der Waals surface area (Å²) in [4.78, 5) is 29.9. The van der Waals surface area contributed by atoms with Gasteiger partial charge in [0.1, 0.15) is 5.75 Å². The molecule has 0 aliphatic rings. The van der Waals surface area contributed by atoms with Crippen LogP contribution < -0.4 is 15.0 Å². The summed E-state index contributed by atoms with van der Waals surface area (Å²) in [6.45, 7) is 9.78. The molecule has 5 aromatic rings. The Balaban J connectivity index is 1.12. The second-order valence-electron chi connectivity index (χ2n) is 11.5. The number of azo groups is 2. The molecule has 11 heteroatoms. The predicted molar refractivity (Wildman–Crippen MR) is 208 cm³/mol. The van der Waals surface area contributed by atoms with Crippen molar-refractivity contribution in [3.63, 3.8) is 0 Å². The molecule has 52 heavy (non-hydrogen) atoms. The molecule has 5 rings (SSSR count). The molecule has 0 unspecified atom stereocenters. The number of unbranched alkanes of at least 4 members (excludes halogenated alkanes) is 1. The van der Waals surface area contributed by atoms with Gasteiger partial charge in [-0.15, -0.1) is 10.2 Å². The average molecular weight is 696 g/mol. The van der Waals surface area contributed by atoms with Crippen LogP contribution in [0.1, 0.15) is 33.1 Å². The van der Waals surface area contributed by atoms with Crippen LogP contribution in [0.2, 0.25) is 0 Å².